The van der Waals surface area contributed by atoms with Crippen LogP contribution < -0.4 is 9.62 Å². The molecule has 10 nitrogen and oxygen atoms in total. The zero-order valence-electron chi connectivity index (χ0n) is 22.7. The highest BCUT2D eigenvalue weighted by Gasteiger charge is 2.33. The van der Waals surface area contributed by atoms with Gasteiger partial charge in [0.1, 0.15) is 12.6 Å². The van der Waals surface area contributed by atoms with Crippen molar-refractivity contribution in [3.05, 3.63) is 98.5 Å². The first kappa shape index (κ1) is 31.9. The van der Waals surface area contributed by atoms with Crippen LogP contribution in [0, 0.1) is 16.0 Å². The van der Waals surface area contributed by atoms with E-state index in [1.165, 1.54) is 48.2 Å². The monoisotopic (exact) mass is 620 g/mol. The molecule has 2 amide bonds. The van der Waals surface area contributed by atoms with Gasteiger partial charge in [-0.2, -0.15) is 0 Å². The molecule has 218 valence electrons. The van der Waals surface area contributed by atoms with Crippen molar-refractivity contribution in [3.8, 4) is 0 Å². The van der Waals surface area contributed by atoms with Gasteiger partial charge in [-0.1, -0.05) is 61.3 Å². The normalized spacial score (nSPS) is 12.0. The molecule has 1 atom stereocenters. The Morgan fingerprint density at radius 2 is 1.51 bits per heavy atom. The van der Waals surface area contributed by atoms with E-state index in [1.54, 1.807) is 24.3 Å². The Hall–Kier alpha value is -3.67. The molecule has 0 aliphatic rings. The lowest BCUT2D eigenvalue weighted by molar-refractivity contribution is -0.384. The van der Waals surface area contributed by atoms with Crippen LogP contribution in [0.15, 0.2) is 77.7 Å². The van der Waals surface area contributed by atoms with Gasteiger partial charge in [0.15, 0.2) is 0 Å². The highest BCUT2D eigenvalue weighted by atomic mass is 35.5. The van der Waals surface area contributed by atoms with Gasteiger partial charge in [0.05, 0.1) is 15.5 Å². The first-order chi connectivity index (χ1) is 19.3. The van der Waals surface area contributed by atoms with E-state index in [-0.39, 0.29) is 38.8 Å². The predicted molar refractivity (Wildman–Crippen MR) is 158 cm³/mol. The zero-order valence-corrected chi connectivity index (χ0v) is 25.0. The summed E-state index contributed by atoms with van der Waals surface area (Å²) >= 11 is 12.8. The number of anilines is 1. The van der Waals surface area contributed by atoms with Gasteiger partial charge in [-0.15, -0.1) is 0 Å². The fourth-order valence-electron chi connectivity index (χ4n) is 3.88. The molecule has 0 aliphatic carbocycles. The van der Waals surface area contributed by atoms with E-state index >= 15 is 0 Å². The predicted octanol–water partition coefficient (Wildman–Crippen LogP) is 5.29. The van der Waals surface area contributed by atoms with Crippen molar-refractivity contribution in [2.45, 2.75) is 38.3 Å². The summed E-state index contributed by atoms with van der Waals surface area (Å²) in [6.45, 7) is 4.86. The Balaban J connectivity index is 2.06. The second-order valence-corrected chi connectivity index (χ2v) is 12.3. The second-order valence-electron chi connectivity index (χ2n) is 9.64. The van der Waals surface area contributed by atoms with E-state index in [2.05, 4.69) is 5.32 Å². The standard InChI is InChI=1S/C28H30Cl2N4O6S/c1-19(2)16-31-28(36)20(3)32(17-24-25(29)10-7-11-26(24)30)27(35)18-33(21-12-14-22(15-13-21)34(37)38)41(39,40)23-8-5-4-6-9-23/h4-15,19-20H,16-18H2,1-3H3,(H,31,36). The highest BCUT2D eigenvalue weighted by Crippen LogP contribution is 2.29. The number of nitro benzene ring substituents is 1. The molecular formula is C28H30Cl2N4O6S. The molecule has 41 heavy (non-hydrogen) atoms. The molecule has 3 aromatic carbocycles. The van der Waals surface area contributed by atoms with E-state index in [9.17, 15) is 28.1 Å². The molecular weight excluding hydrogens is 591 g/mol. The largest absolute Gasteiger partial charge is 0.354 e. The van der Waals surface area contributed by atoms with Crippen LogP contribution in [0.25, 0.3) is 0 Å². The minimum Gasteiger partial charge on any atom is -0.354 e. The minimum absolute atomic E-state index is 0.0282. The van der Waals surface area contributed by atoms with Crippen molar-refractivity contribution in [1.82, 2.24) is 10.2 Å². The molecule has 3 aromatic rings. The van der Waals surface area contributed by atoms with Crippen LogP contribution in [0.4, 0.5) is 11.4 Å². The van der Waals surface area contributed by atoms with Crippen LogP contribution >= 0.6 is 23.2 Å². The number of halogens is 2. The molecule has 0 fully saturated rings. The van der Waals surface area contributed by atoms with Crippen LogP contribution in [0.2, 0.25) is 10.0 Å². The van der Waals surface area contributed by atoms with Gasteiger partial charge in [0, 0.05) is 40.8 Å². The number of hydrogen-bond acceptors (Lipinski definition) is 6. The summed E-state index contributed by atoms with van der Waals surface area (Å²) in [6, 6.07) is 16.1. The maximum Gasteiger partial charge on any atom is 0.269 e. The third-order valence-corrected chi connectivity index (χ3v) is 8.70. The molecule has 0 heterocycles. The van der Waals surface area contributed by atoms with Crippen LogP contribution in [-0.4, -0.2) is 49.2 Å². The van der Waals surface area contributed by atoms with E-state index in [0.717, 1.165) is 16.4 Å². The summed E-state index contributed by atoms with van der Waals surface area (Å²) in [5.74, 6) is -1.00. The lowest BCUT2D eigenvalue weighted by Crippen LogP contribution is -2.51. The average molecular weight is 622 g/mol. The summed E-state index contributed by atoms with van der Waals surface area (Å²) in [6.07, 6.45) is 0. The summed E-state index contributed by atoms with van der Waals surface area (Å²) in [7, 11) is -4.31. The second kappa shape index (κ2) is 13.8. The van der Waals surface area contributed by atoms with Gasteiger partial charge in [-0.25, -0.2) is 8.42 Å². The summed E-state index contributed by atoms with van der Waals surface area (Å²) in [4.78, 5) is 38.7. The summed E-state index contributed by atoms with van der Waals surface area (Å²) < 4.78 is 28.4. The first-order valence-corrected chi connectivity index (χ1v) is 14.8. The number of sulfonamides is 1. The number of nitro groups is 1. The molecule has 0 aromatic heterocycles. The lowest BCUT2D eigenvalue weighted by Gasteiger charge is -2.32. The van der Waals surface area contributed by atoms with Gasteiger partial charge in [-0.3, -0.25) is 24.0 Å². The Labute approximate surface area is 249 Å². The SMILES string of the molecule is CC(C)CNC(=O)C(C)N(Cc1c(Cl)cccc1Cl)C(=O)CN(c1ccc([N+](=O)[O-])cc1)S(=O)(=O)c1ccccc1. The number of carbonyl (C=O) groups excluding carboxylic acids is 2. The Bertz CT molecular complexity index is 1480. The maximum absolute atomic E-state index is 13.9. The third-order valence-electron chi connectivity index (χ3n) is 6.20. The number of nitrogens with one attached hydrogen (secondary N) is 1. The first-order valence-electron chi connectivity index (χ1n) is 12.6. The lowest BCUT2D eigenvalue weighted by atomic mass is 10.1. The minimum atomic E-state index is -4.31. The van der Waals surface area contributed by atoms with Crippen molar-refractivity contribution < 1.29 is 22.9 Å². The Kier molecular flexibility index (Phi) is 10.7. The van der Waals surface area contributed by atoms with Gasteiger partial charge in [0.25, 0.3) is 15.7 Å². The summed E-state index contributed by atoms with van der Waals surface area (Å²) in [5, 5.41) is 14.5. The van der Waals surface area contributed by atoms with Crippen molar-refractivity contribution in [2.24, 2.45) is 5.92 Å². The van der Waals surface area contributed by atoms with Crippen LogP contribution in [-0.2, 0) is 26.2 Å². The van der Waals surface area contributed by atoms with E-state index < -0.39 is 39.3 Å². The maximum atomic E-state index is 13.9. The van der Waals surface area contributed by atoms with Crippen LogP contribution in [0.3, 0.4) is 0 Å². The van der Waals surface area contributed by atoms with Crippen molar-refractivity contribution >= 4 is 56.4 Å². The number of nitrogens with zero attached hydrogens (tertiary/aromatic N) is 3. The number of non-ortho nitro benzene ring substituents is 1. The van der Waals surface area contributed by atoms with E-state index in [1.807, 2.05) is 13.8 Å². The van der Waals surface area contributed by atoms with Gasteiger partial charge in [0.2, 0.25) is 11.8 Å². The van der Waals surface area contributed by atoms with Crippen molar-refractivity contribution in [2.75, 3.05) is 17.4 Å². The quantitative estimate of drug-likeness (QED) is 0.216. The third kappa shape index (κ3) is 7.96. The molecule has 0 saturated heterocycles. The van der Waals surface area contributed by atoms with Gasteiger partial charge in [-0.05, 0) is 49.2 Å². The molecule has 0 aliphatic heterocycles. The molecule has 0 radical (unpaired) electrons. The molecule has 13 heteroatoms. The molecule has 3 rings (SSSR count). The summed E-state index contributed by atoms with van der Waals surface area (Å²) in [5.41, 5.74) is 0.170. The van der Waals surface area contributed by atoms with Crippen molar-refractivity contribution in [1.29, 1.82) is 0 Å². The number of benzene rings is 3. The number of carbonyl (C=O) groups is 2. The number of amides is 2. The Morgan fingerprint density at radius 3 is 2.05 bits per heavy atom. The smallest absolute Gasteiger partial charge is 0.269 e. The van der Waals surface area contributed by atoms with E-state index in [0.29, 0.717) is 12.1 Å². The molecule has 0 spiro atoms. The highest BCUT2D eigenvalue weighted by molar-refractivity contribution is 7.92. The molecule has 0 bridgehead atoms. The topological polar surface area (TPSA) is 130 Å². The number of rotatable bonds is 12. The van der Waals surface area contributed by atoms with Gasteiger partial charge >= 0.3 is 0 Å². The van der Waals surface area contributed by atoms with E-state index in [4.69, 9.17) is 23.2 Å². The zero-order chi connectivity index (χ0) is 30.3. The Morgan fingerprint density at radius 1 is 0.927 bits per heavy atom. The number of hydrogen-bond donors (Lipinski definition) is 1. The van der Waals surface area contributed by atoms with Crippen LogP contribution in [0.5, 0.6) is 0 Å². The van der Waals surface area contributed by atoms with Gasteiger partial charge < -0.3 is 10.2 Å². The van der Waals surface area contributed by atoms with Crippen molar-refractivity contribution in [3.63, 3.8) is 0 Å². The fourth-order valence-corrected chi connectivity index (χ4v) is 5.83. The average Bonchev–Trinajstić information content (AvgIpc) is 2.94. The molecule has 0 saturated carbocycles. The molecule has 1 unspecified atom stereocenters. The fraction of sp³-hybridized carbons (Fsp3) is 0.286. The molecule has 1 N–H and O–H groups in total. The van der Waals surface area contributed by atoms with Crippen LogP contribution in [0.1, 0.15) is 26.3 Å².